The number of methoxy groups -OCH3 is 1. The zero-order chi connectivity index (χ0) is 16.8. The predicted molar refractivity (Wildman–Crippen MR) is 99.6 cm³/mol. The molecule has 0 bridgehead atoms. The Kier molecular flexibility index (Phi) is 5.23. The summed E-state index contributed by atoms with van der Waals surface area (Å²) in [5.74, 6) is 0.856. The fourth-order valence-electron chi connectivity index (χ4n) is 2.39. The Morgan fingerprint density at radius 3 is 2.50 bits per heavy atom. The van der Waals surface area contributed by atoms with Gasteiger partial charge in [-0.25, -0.2) is 0 Å². The number of rotatable bonds is 5. The van der Waals surface area contributed by atoms with Gasteiger partial charge in [0, 0.05) is 11.9 Å². The lowest BCUT2D eigenvalue weighted by Gasteiger charge is -2.06. The summed E-state index contributed by atoms with van der Waals surface area (Å²) in [5, 5.41) is 10.7. The lowest BCUT2D eigenvalue weighted by Crippen LogP contribution is -2.14. The van der Waals surface area contributed by atoms with Crippen LogP contribution in [-0.4, -0.2) is 17.9 Å². The van der Waals surface area contributed by atoms with E-state index >= 15 is 0 Å². The van der Waals surface area contributed by atoms with E-state index in [1.54, 1.807) is 24.7 Å². The highest BCUT2D eigenvalue weighted by Crippen LogP contribution is 2.22. The van der Waals surface area contributed by atoms with Crippen LogP contribution in [0.4, 0.5) is 0 Å². The molecule has 1 aromatic heterocycles. The van der Waals surface area contributed by atoms with Crippen molar-refractivity contribution in [1.29, 1.82) is 0 Å². The second-order valence-corrected chi connectivity index (χ2v) is 5.97. The van der Waals surface area contributed by atoms with E-state index in [0.717, 1.165) is 33.9 Å². The van der Waals surface area contributed by atoms with Gasteiger partial charge in [-0.05, 0) is 42.3 Å². The van der Waals surface area contributed by atoms with Gasteiger partial charge >= 0.3 is 0 Å². The molecule has 0 spiro atoms. The van der Waals surface area contributed by atoms with Crippen LogP contribution in [0.25, 0.3) is 11.3 Å². The summed E-state index contributed by atoms with van der Waals surface area (Å²) in [6.45, 7) is 2.95. The van der Waals surface area contributed by atoms with Crippen LogP contribution in [0.5, 0.6) is 5.75 Å². The van der Waals surface area contributed by atoms with Crippen LogP contribution < -0.4 is 9.54 Å². The number of hydrogen-bond donors (Lipinski definition) is 0. The summed E-state index contributed by atoms with van der Waals surface area (Å²) in [6.07, 6.45) is 1.77. The van der Waals surface area contributed by atoms with Gasteiger partial charge in [0.05, 0.1) is 19.0 Å². The Balaban J connectivity index is 1.91. The van der Waals surface area contributed by atoms with E-state index in [2.05, 4.69) is 39.2 Å². The van der Waals surface area contributed by atoms with Gasteiger partial charge in [-0.1, -0.05) is 30.3 Å². The maximum absolute atomic E-state index is 5.22. The zero-order valence-corrected chi connectivity index (χ0v) is 14.5. The van der Waals surface area contributed by atoms with E-state index in [9.17, 15) is 0 Å². The molecule has 4 nitrogen and oxygen atoms in total. The highest BCUT2D eigenvalue weighted by Gasteiger charge is 2.06. The van der Waals surface area contributed by atoms with Gasteiger partial charge < -0.3 is 9.30 Å². The first-order chi connectivity index (χ1) is 11.8. The molecule has 5 heteroatoms. The minimum Gasteiger partial charge on any atom is -0.497 e. The lowest BCUT2D eigenvalue weighted by molar-refractivity contribution is 0.415. The van der Waals surface area contributed by atoms with E-state index < -0.39 is 0 Å². The van der Waals surface area contributed by atoms with Crippen molar-refractivity contribution in [1.82, 2.24) is 4.57 Å². The van der Waals surface area contributed by atoms with E-state index in [-0.39, 0.29) is 0 Å². The van der Waals surface area contributed by atoms with Crippen molar-refractivity contribution in [3.8, 4) is 17.0 Å². The molecule has 0 saturated carbocycles. The molecule has 0 radical (unpaired) electrons. The van der Waals surface area contributed by atoms with Crippen LogP contribution in [0, 0.1) is 0 Å². The molecule has 122 valence electrons. The van der Waals surface area contributed by atoms with E-state index in [1.165, 1.54) is 0 Å². The van der Waals surface area contributed by atoms with Gasteiger partial charge in [-0.15, -0.1) is 16.4 Å². The first-order valence-electron chi connectivity index (χ1n) is 7.76. The van der Waals surface area contributed by atoms with Crippen LogP contribution >= 0.6 is 11.3 Å². The van der Waals surface area contributed by atoms with Crippen LogP contribution in [0.1, 0.15) is 12.5 Å². The van der Waals surface area contributed by atoms with E-state index in [4.69, 9.17) is 4.74 Å². The molecule has 0 N–H and O–H groups in total. The van der Waals surface area contributed by atoms with E-state index in [1.807, 2.05) is 42.5 Å². The van der Waals surface area contributed by atoms with Crippen molar-refractivity contribution in [2.75, 3.05) is 7.11 Å². The lowest BCUT2D eigenvalue weighted by atomic mass is 10.1. The van der Waals surface area contributed by atoms with Crippen LogP contribution in [0.15, 0.2) is 70.2 Å². The van der Waals surface area contributed by atoms with Gasteiger partial charge in [-0.3, -0.25) is 0 Å². The van der Waals surface area contributed by atoms with Crippen LogP contribution in [0.3, 0.4) is 0 Å². The molecule has 0 unspecified atom stereocenters. The Morgan fingerprint density at radius 2 is 1.83 bits per heavy atom. The first-order valence-corrected chi connectivity index (χ1v) is 8.64. The number of benzene rings is 2. The number of aromatic nitrogens is 1. The minimum absolute atomic E-state index is 0.838. The second-order valence-electron chi connectivity index (χ2n) is 5.13. The molecular weight excluding hydrogens is 318 g/mol. The Labute approximate surface area is 145 Å². The molecule has 0 fully saturated rings. The number of thiazole rings is 1. The van der Waals surface area contributed by atoms with Gasteiger partial charge in [0.25, 0.3) is 0 Å². The third-order valence-electron chi connectivity index (χ3n) is 3.65. The Morgan fingerprint density at radius 1 is 1.08 bits per heavy atom. The summed E-state index contributed by atoms with van der Waals surface area (Å²) in [4.78, 5) is 0.885. The molecule has 0 aliphatic rings. The second kappa shape index (κ2) is 7.75. The largest absolute Gasteiger partial charge is 0.497 e. The monoisotopic (exact) mass is 337 g/mol. The molecule has 0 aliphatic heterocycles. The van der Waals surface area contributed by atoms with Crippen molar-refractivity contribution in [3.05, 3.63) is 70.3 Å². The summed E-state index contributed by atoms with van der Waals surface area (Å²) in [7, 11) is 1.67. The third-order valence-corrected chi connectivity index (χ3v) is 4.50. The number of ether oxygens (including phenoxy) is 1. The number of hydrogen-bond acceptors (Lipinski definition) is 4. The Bertz CT molecular complexity index is 877. The molecule has 3 aromatic rings. The summed E-state index contributed by atoms with van der Waals surface area (Å²) < 4.78 is 7.38. The minimum atomic E-state index is 0.838. The zero-order valence-electron chi connectivity index (χ0n) is 13.7. The summed E-state index contributed by atoms with van der Waals surface area (Å²) in [6, 6.07) is 18.0. The molecule has 0 amide bonds. The molecule has 2 aromatic carbocycles. The molecule has 3 rings (SSSR count). The quantitative estimate of drug-likeness (QED) is 0.508. The molecule has 24 heavy (non-hydrogen) atoms. The topological polar surface area (TPSA) is 38.9 Å². The predicted octanol–water partition coefficient (Wildman–Crippen LogP) is 4.18. The fraction of sp³-hybridized carbons (Fsp3) is 0.158. The summed E-state index contributed by atoms with van der Waals surface area (Å²) >= 11 is 1.59. The maximum atomic E-state index is 5.22. The first kappa shape index (κ1) is 16.2. The molecule has 0 saturated heterocycles. The molecule has 0 atom stereocenters. The molecular formula is C19H19N3OS. The highest BCUT2D eigenvalue weighted by molar-refractivity contribution is 7.07. The van der Waals surface area contributed by atoms with E-state index in [0.29, 0.717) is 0 Å². The van der Waals surface area contributed by atoms with Crippen LogP contribution in [0.2, 0.25) is 0 Å². The van der Waals surface area contributed by atoms with Gasteiger partial charge in [0.1, 0.15) is 5.75 Å². The van der Waals surface area contributed by atoms with Crippen molar-refractivity contribution in [2.45, 2.75) is 13.5 Å². The van der Waals surface area contributed by atoms with Crippen molar-refractivity contribution < 1.29 is 4.74 Å². The van der Waals surface area contributed by atoms with Crippen molar-refractivity contribution >= 4 is 17.6 Å². The fourth-order valence-corrected chi connectivity index (χ4v) is 3.32. The van der Waals surface area contributed by atoms with Crippen molar-refractivity contribution in [2.24, 2.45) is 10.2 Å². The SMILES string of the molecule is CCn1c(-c2ccc(OC)cc2)cs/c1=N\N=C/c1ccccc1. The third kappa shape index (κ3) is 3.63. The van der Waals surface area contributed by atoms with Gasteiger partial charge in [0.2, 0.25) is 4.80 Å². The van der Waals surface area contributed by atoms with Gasteiger partial charge in [0.15, 0.2) is 0 Å². The standard InChI is InChI=1S/C19H19N3OS/c1-3-22-18(16-9-11-17(23-2)12-10-16)14-24-19(22)21-20-13-15-7-5-4-6-8-15/h4-14H,3H2,1-2H3/b20-13-,21-19-. The smallest absolute Gasteiger partial charge is 0.211 e. The van der Waals surface area contributed by atoms with Crippen LogP contribution in [-0.2, 0) is 6.54 Å². The summed E-state index contributed by atoms with van der Waals surface area (Å²) in [5.41, 5.74) is 3.32. The molecule has 1 heterocycles. The van der Waals surface area contributed by atoms with Gasteiger partial charge in [-0.2, -0.15) is 5.10 Å². The maximum Gasteiger partial charge on any atom is 0.211 e. The normalized spacial score (nSPS) is 12.0. The average Bonchev–Trinajstić information content (AvgIpc) is 3.05. The highest BCUT2D eigenvalue weighted by atomic mass is 32.1. The average molecular weight is 337 g/mol. The Hall–Kier alpha value is -2.66. The van der Waals surface area contributed by atoms with Crippen molar-refractivity contribution in [3.63, 3.8) is 0 Å². The number of nitrogens with zero attached hydrogens (tertiary/aromatic N) is 3. The molecule has 0 aliphatic carbocycles.